The molecule has 4 amide bonds. The average Bonchev–Trinajstić information content (AvgIpc) is 3.08. The van der Waals surface area contributed by atoms with Crippen molar-refractivity contribution < 1.29 is 33.8 Å². The van der Waals surface area contributed by atoms with Crippen LogP contribution in [0.3, 0.4) is 0 Å². The fraction of sp³-hybridized carbons (Fsp3) is 0.568. The molecule has 268 valence electrons. The number of benzene rings is 2. The van der Waals surface area contributed by atoms with Gasteiger partial charge in [-0.1, -0.05) is 86.2 Å². The number of hydrogen-bond donors (Lipinski definition) is 3. The molecular formula is C37H51ClN4O7. The van der Waals surface area contributed by atoms with Gasteiger partial charge >= 0.3 is 12.2 Å². The molecule has 2 aromatic carbocycles. The second-order valence-corrected chi connectivity index (χ2v) is 14.4. The zero-order valence-corrected chi connectivity index (χ0v) is 29.6. The predicted octanol–water partition coefficient (Wildman–Crippen LogP) is 5.98. The number of nitrogens with one attached hydrogen (secondary N) is 2. The summed E-state index contributed by atoms with van der Waals surface area (Å²) in [5.41, 5.74) is 0.966. The number of hydrogen-bond acceptors (Lipinski definition) is 7. The number of halogens is 1. The van der Waals surface area contributed by atoms with Gasteiger partial charge in [-0.2, -0.15) is 0 Å². The molecule has 2 fully saturated rings. The van der Waals surface area contributed by atoms with Crippen LogP contribution in [0, 0.1) is 5.92 Å². The van der Waals surface area contributed by atoms with Crippen LogP contribution in [0.15, 0.2) is 54.6 Å². The van der Waals surface area contributed by atoms with Crippen LogP contribution < -0.4 is 10.6 Å². The second-order valence-electron chi connectivity index (χ2n) is 14.0. The van der Waals surface area contributed by atoms with Gasteiger partial charge < -0.3 is 30.1 Å². The summed E-state index contributed by atoms with van der Waals surface area (Å²) < 4.78 is 11.1. The summed E-state index contributed by atoms with van der Waals surface area (Å²) in [6.45, 7) is 6.03. The predicted molar refractivity (Wildman–Crippen MR) is 187 cm³/mol. The summed E-state index contributed by atoms with van der Waals surface area (Å²) in [6, 6.07) is 14.6. The molecule has 3 unspecified atom stereocenters. The van der Waals surface area contributed by atoms with E-state index >= 15 is 0 Å². The lowest BCUT2D eigenvalue weighted by Crippen LogP contribution is -2.53. The molecule has 1 aliphatic heterocycles. The normalized spacial score (nSPS) is 18.3. The molecule has 2 aliphatic rings. The first-order valence-corrected chi connectivity index (χ1v) is 17.7. The molecule has 1 aliphatic carbocycles. The fourth-order valence-corrected chi connectivity index (χ4v) is 6.64. The van der Waals surface area contributed by atoms with Crippen molar-refractivity contribution >= 4 is 35.6 Å². The Hall–Kier alpha value is -3.83. The zero-order chi connectivity index (χ0) is 35.4. The third-order valence-electron chi connectivity index (χ3n) is 8.98. The van der Waals surface area contributed by atoms with Crippen molar-refractivity contribution in [3.8, 4) is 0 Å². The van der Waals surface area contributed by atoms with E-state index in [2.05, 4.69) is 10.6 Å². The molecular weight excluding hydrogens is 648 g/mol. The van der Waals surface area contributed by atoms with Gasteiger partial charge in [0.05, 0.1) is 18.7 Å². The smallest absolute Gasteiger partial charge is 0.410 e. The molecule has 49 heavy (non-hydrogen) atoms. The Kier molecular flexibility index (Phi) is 14.1. The van der Waals surface area contributed by atoms with Gasteiger partial charge in [0.15, 0.2) is 0 Å². The highest BCUT2D eigenvalue weighted by atomic mass is 35.5. The van der Waals surface area contributed by atoms with Crippen LogP contribution in [-0.4, -0.2) is 82.8 Å². The van der Waals surface area contributed by atoms with E-state index in [9.17, 15) is 24.3 Å². The second kappa shape index (κ2) is 18.2. The summed E-state index contributed by atoms with van der Waals surface area (Å²) in [4.78, 5) is 56.2. The van der Waals surface area contributed by atoms with Gasteiger partial charge in [0.2, 0.25) is 11.8 Å². The molecule has 4 rings (SSSR count). The SMILES string of the molecule is CC(C)(C)OC(=O)N1CCN(C(=O)CCC(CO)NC(=O)C(CC2CCCCC2)NC(=O)OCc2cccc(Cl)c2)CC1c1ccccc1. The Morgan fingerprint density at radius 2 is 1.71 bits per heavy atom. The van der Waals surface area contributed by atoms with Gasteiger partial charge in [-0.05, 0) is 62.8 Å². The molecule has 1 heterocycles. The van der Waals surface area contributed by atoms with Crippen LogP contribution >= 0.6 is 11.6 Å². The van der Waals surface area contributed by atoms with Crippen LogP contribution in [0.4, 0.5) is 9.59 Å². The van der Waals surface area contributed by atoms with Gasteiger partial charge in [-0.3, -0.25) is 14.5 Å². The highest BCUT2D eigenvalue weighted by Crippen LogP contribution is 2.29. The largest absolute Gasteiger partial charge is 0.445 e. The summed E-state index contributed by atoms with van der Waals surface area (Å²) in [5, 5.41) is 16.3. The van der Waals surface area contributed by atoms with E-state index in [4.69, 9.17) is 21.1 Å². The minimum atomic E-state index is -0.854. The molecule has 2 aromatic rings. The Balaban J connectivity index is 1.34. The number of aliphatic hydroxyl groups is 1. The van der Waals surface area contributed by atoms with Crippen molar-refractivity contribution in [2.24, 2.45) is 5.92 Å². The van der Waals surface area contributed by atoms with E-state index in [1.165, 1.54) is 0 Å². The standard InChI is InChI=1S/C37H51ClN4O7/c1-37(2,3)49-36(47)42-20-19-41(23-32(42)28-14-8-5-9-15-28)33(44)18-17-30(24-43)39-34(45)31(22-26-11-6-4-7-12-26)40-35(46)48-25-27-13-10-16-29(38)21-27/h5,8-10,13-16,21,26,30-32,43H,4,6-7,11-12,17-20,22-25H2,1-3H3,(H,39,45)(H,40,46). The third-order valence-corrected chi connectivity index (χ3v) is 9.22. The molecule has 1 saturated carbocycles. The zero-order valence-electron chi connectivity index (χ0n) is 28.9. The Morgan fingerprint density at radius 3 is 2.39 bits per heavy atom. The van der Waals surface area contributed by atoms with Crippen LogP contribution in [0.25, 0.3) is 0 Å². The third kappa shape index (κ3) is 12.2. The first-order chi connectivity index (χ1) is 23.4. The lowest BCUT2D eigenvalue weighted by molar-refractivity contribution is -0.135. The van der Waals surface area contributed by atoms with Crippen LogP contribution in [0.2, 0.25) is 5.02 Å². The number of piperazine rings is 1. The maximum atomic E-state index is 13.5. The number of aliphatic hydroxyl groups excluding tert-OH is 1. The fourth-order valence-electron chi connectivity index (χ4n) is 6.42. The molecule has 0 bridgehead atoms. The lowest BCUT2D eigenvalue weighted by atomic mass is 9.84. The van der Waals surface area contributed by atoms with Gasteiger partial charge in [0.25, 0.3) is 0 Å². The van der Waals surface area contributed by atoms with E-state index < -0.39 is 35.8 Å². The molecule has 1 saturated heterocycles. The van der Waals surface area contributed by atoms with Crippen molar-refractivity contribution in [3.05, 3.63) is 70.7 Å². The van der Waals surface area contributed by atoms with Gasteiger partial charge in [0, 0.05) is 31.1 Å². The van der Waals surface area contributed by atoms with E-state index in [1.54, 1.807) is 34.1 Å². The summed E-state index contributed by atoms with van der Waals surface area (Å²) in [7, 11) is 0. The number of carbonyl (C=O) groups excluding carboxylic acids is 4. The Bertz CT molecular complexity index is 1400. The summed E-state index contributed by atoms with van der Waals surface area (Å²) in [5.74, 6) is -0.283. The minimum absolute atomic E-state index is 0.00268. The quantitative estimate of drug-likeness (QED) is 0.248. The van der Waals surface area contributed by atoms with Crippen molar-refractivity contribution in [1.82, 2.24) is 20.4 Å². The first kappa shape index (κ1) is 38.0. The molecule has 0 spiro atoms. The van der Waals surface area contributed by atoms with Crippen molar-refractivity contribution in [2.75, 3.05) is 26.2 Å². The number of rotatable bonds is 12. The lowest BCUT2D eigenvalue weighted by Gasteiger charge is -2.42. The molecule has 3 N–H and O–H groups in total. The Morgan fingerprint density at radius 1 is 0.980 bits per heavy atom. The minimum Gasteiger partial charge on any atom is -0.445 e. The number of alkyl carbamates (subject to hydrolysis) is 1. The van der Waals surface area contributed by atoms with Crippen molar-refractivity contribution in [1.29, 1.82) is 0 Å². The first-order valence-electron chi connectivity index (χ1n) is 17.3. The molecule has 0 radical (unpaired) electrons. The average molecular weight is 699 g/mol. The van der Waals surface area contributed by atoms with Gasteiger partial charge in [-0.25, -0.2) is 9.59 Å². The van der Waals surface area contributed by atoms with E-state index in [-0.39, 0.29) is 43.9 Å². The maximum Gasteiger partial charge on any atom is 0.410 e. The number of nitrogens with zero attached hydrogens (tertiary/aromatic N) is 2. The number of amides is 4. The van der Waals surface area contributed by atoms with Gasteiger partial charge in [0.1, 0.15) is 18.2 Å². The molecule has 12 heteroatoms. The molecule has 3 atom stereocenters. The van der Waals surface area contributed by atoms with Crippen LogP contribution in [0.5, 0.6) is 0 Å². The topological polar surface area (TPSA) is 138 Å². The van der Waals surface area contributed by atoms with Crippen LogP contribution in [0.1, 0.15) is 89.3 Å². The highest BCUT2D eigenvalue weighted by molar-refractivity contribution is 6.30. The van der Waals surface area contributed by atoms with E-state index in [0.717, 1.165) is 43.2 Å². The number of carbonyl (C=O) groups is 4. The van der Waals surface area contributed by atoms with Crippen LogP contribution in [-0.2, 0) is 25.7 Å². The monoisotopic (exact) mass is 698 g/mol. The maximum absolute atomic E-state index is 13.5. The van der Waals surface area contributed by atoms with E-state index in [1.807, 2.05) is 51.1 Å². The van der Waals surface area contributed by atoms with E-state index in [0.29, 0.717) is 31.1 Å². The number of ether oxygens (including phenoxy) is 2. The highest BCUT2D eigenvalue weighted by Gasteiger charge is 2.36. The molecule has 11 nitrogen and oxygen atoms in total. The Labute approximate surface area is 294 Å². The summed E-state index contributed by atoms with van der Waals surface area (Å²) in [6.07, 6.45) is 4.88. The molecule has 0 aromatic heterocycles. The van der Waals surface area contributed by atoms with Crippen molar-refractivity contribution in [2.45, 2.75) is 102 Å². The van der Waals surface area contributed by atoms with Crippen molar-refractivity contribution in [3.63, 3.8) is 0 Å². The van der Waals surface area contributed by atoms with Gasteiger partial charge in [-0.15, -0.1) is 0 Å². The summed E-state index contributed by atoms with van der Waals surface area (Å²) >= 11 is 6.04.